The number of nitrogens with two attached hydrogens (primary N) is 1. The van der Waals surface area contributed by atoms with Crippen LogP contribution in [0.5, 0.6) is 0 Å². The van der Waals surface area contributed by atoms with Gasteiger partial charge in [0, 0.05) is 0 Å². The van der Waals surface area contributed by atoms with Crippen molar-refractivity contribution in [2.75, 3.05) is 0 Å². The minimum atomic E-state index is -1.16. The van der Waals surface area contributed by atoms with Crippen molar-refractivity contribution in [3.05, 3.63) is 35.1 Å². The molecule has 5 heteroatoms. The summed E-state index contributed by atoms with van der Waals surface area (Å²) in [5.41, 5.74) is 6.04. The molecule has 0 aromatic heterocycles. The normalized spacial score (nSPS) is 11.6. The van der Waals surface area contributed by atoms with Gasteiger partial charge in [0.1, 0.15) is 11.9 Å². The molecule has 0 spiro atoms. The van der Waals surface area contributed by atoms with Crippen LogP contribution >= 0.6 is 12.4 Å². The average molecular weight is 220 g/mol. The molecule has 0 bridgehead atoms. The van der Waals surface area contributed by atoms with Crippen LogP contribution in [0.1, 0.15) is 17.2 Å². The molecule has 78 valence electrons. The van der Waals surface area contributed by atoms with Gasteiger partial charge >= 0.3 is 5.97 Å². The van der Waals surface area contributed by atoms with Crippen LogP contribution in [-0.2, 0) is 4.79 Å². The lowest BCUT2D eigenvalue weighted by atomic mass is 10.1. The lowest BCUT2D eigenvalue weighted by Gasteiger charge is -2.07. The second-order valence-corrected chi connectivity index (χ2v) is 2.82. The summed E-state index contributed by atoms with van der Waals surface area (Å²) in [7, 11) is 0. The van der Waals surface area contributed by atoms with Gasteiger partial charge in [-0.3, -0.25) is 4.79 Å². The lowest BCUT2D eigenvalue weighted by molar-refractivity contribution is -0.138. The van der Waals surface area contributed by atoms with Gasteiger partial charge in [0.05, 0.1) is 0 Å². The number of rotatable bonds is 2. The summed E-state index contributed by atoms with van der Waals surface area (Å²) in [5.74, 6) is -1.60. The molecular formula is C9H11ClFNO2. The monoisotopic (exact) mass is 219 g/mol. The van der Waals surface area contributed by atoms with E-state index >= 15 is 0 Å². The molecule has 1 atom stereocenters. The quantitative estimate of drug-likeness (QED) is 0.795. The van der Waals surface area contributed by atoms with Crippen molar-refractivity contribution < 1.29 is 14.3 Å². The van der Waals surface area contributed by atoms with E-state index in [4.69, 9.17) is 10.8 Å². The molecule has 3 N–H and O–H groups in total. The van der Waals surface area contributed by atoms with Gasteiger partial charge in [0.15, 0.2) is 0 Å². The number of aryl methyl sites for hydroxylation is 1. The van der Waals surface area contributed by atoms with Crippen LogP contribution in [0.2, 0.25) is 0 Å². The van der Waals surface area contributed by atoms with Gasteiger partial charge in [-0.25, -0.2) is 4.39 Å². The number of carboxylic acids is 1. The van der Waals surface area contributed by atoms with Gasteiger partial charge in [-0.15, -0.1) is 12.4 Å². The highest BCUT2D eigenvalue weighted by atomic mass is 35.5. The molecule has 0 aliphatic rings. The molecule has 1 unspecified atom stereocenters. The standard InChI is InChI=1S/C9H10FNO2.ClH/c1-5-2-3-6(4-7(5)10)8(11)9(12)13;/h2-4,8H,11H2,1H3,(H,12,13);1H. The van der Waals surface area contributed by atoms with E-state index in [0.717, 1.165) is 6.07 Å². The summed E-state index contributed by atoms with van der Waals surface area (Å²) in [6.07, 6.45) is 0. The number of hydrogen-bond acceptors (Lipinski definition) is 2. The molecule has 0 fully saturated rings. The Balaban J connectivity index is 0.00000169. The number of carboxylic acid groups (broad SMARTS) is 1. The first-order valence-electron chi connectivity index (χ1n) is 3.77. The zero-order valence-electron chi connectivity index (χ0n) is 7.53. The molecule has 0 amide bonds. The van der Waals surface area contributed by atoms with E-state index in [2.05, 4.69) is 0 Å². The molecule has 0 saturated heterocycles. The predicted molar refractivity (Wildman–Crippen MR) is 52.9 cm³/mol. The number of benzene rings is 1. The molecule has 0 aliphatic carbocycles. The van der Waals surface area contributed by atoms with Gasteiger partial charge < -0.3 is 10.8 Å². The van der Waals surface area contributed by atoms with Gasteiger partial charge in [-0.05, 0) is 24.1 Å². The van der Waals surface area contributed by atoms with Gasteiger partial charge in [-0.1, -0.05) is 12.1 Å². The van der Waals surface area contributed by atoms with Crippen LogP contribution in [0, 0.1) is 12.7 Å². The summed E-state index contributed by atoms with van der Waals surface area (Å²) < 4.78 is 13.0. The Bertz CT molecular complexity index is 344. The Morgan fingerprint density at radius 1 is 1.57 bits per heavy atom. The summed E-state index contributed by atoms with van der Waals surface area (Å²) in [4.78, 5) is 10.4. The van der Waals surface area contributed by atoms with E-state index < -0.39 is 17.8 Å². The van der Waals surface area contributed by atoms with E-state index in [-0.39, 0.29) is 18.0 Å². The smallest absolute Gasteiger partial charge is 0.325 e. The topological polar surface area (TPSA) is 63.3 Å². The lowest BCUT2D eigenvalue weighted by Crippen LogP contribution is -2.20. The molecule has 1 aromatic rings. The van der Waals surface area contributed by atoms with Crippen LogP contribution < -0.4 is 5.73 Å². The maximum absolute atomic E-state index is 13.0. The van der Waals surface area contributed by atoms with Crippen molar-refractivity contribution in [2.24, 2.45) is 5.73 Å². The minimum Gasteiger partial charge on any atom is -0.480 e. The first kappa shape index (κ1) is 12.9. The first-order chi connectivity index (χ1) is 6.02. The minimum absolute atomic E-state index is 0. The molecule has 1 rings (SSSR count). The number of halogens is 2. The molecule has 14 heavy (non-hydrogen) atoms. The first-order valence-corrected chi connectivity index (χ1v) is 3.77. The molecule has 0 radical (unpaired) electrons. The number of carbonyl (C=O) groups is 1. The SMILES string of the molecule is Cc1ccc(C(N)C(=O)O)cc1F.Cl. The molecule has 0 aliphatic heterocycles. The third-order valence-corrected chi connectivity index (χ3v) is 1.82. The van der Waals surface area contributed by atoms with Crippen molar-refractivity contribution in [3.63, 3.8) is 0 Å². The summed E-state index contributed by atoms with van der Waals surface area (Å²) in [5, 5.41) is 8.55. The average Bonchev–Trinajstić information content (AvgIpc) is 2.08. The van der Waals surface area contributed by atoms with E-state index in [1.54, 1.807) is 6.92 Å². The molecular weight excluding hydrogens is 209 g/mol. The van der Waals surface area contributed by atoms with Crippen molar-refractivity contribution in [1.82, 2.24) is 0 Å². The van der Waals surface area contributed by atoms with Crippen LogP contribution in [0.25, 0.3) is 0 Å². The number of hydrogen-bond donors (Lipinski definition) is 2. The maximum atomic E-state index is 13.0. The fourth-order valence-corrected chi connectivity index (χ4v) is 0.945. The third kappa shape index (κ3) is 2.68. The fourth-order valence-electron chi connectivity index (χ4n) is 0.945. The number of aliphatic carboxylic acids is 1. The third-order valence-electron chi connectivity index (χ3n) is 1.82. The largest absolute Gasteiger partial charge is 0.480 e. The van der Waals surface area contributed by atoms with Crippen molar-refractivity contribution in [1.29, 1.82) is 0 Å². The highest BCUT2D eigenvalue weighted by Gasteiger charge is 2.14. The summed E-state index contributed by atoms with van der Waals surface area (Å²) in [6.45, 7) is 1.60. The predicted octanol–water partition coefficient (Wildman–Crippen LogP) is 1.64. The Hall–Kier alpha value is -1.13. The highest BCUT2D eigenvalue weighted by Crippen LogP contribution is 2.14. The van der Waals surface area contributed by atoms with Gasteiger partial charge in [0.25, 0.3) is 0 Å². The Morgan fingerprint density at radius 3 is 2.57 bits per heavy atom. The van der Waals surface area contributed by atoms with Crippen molar-refractivity contribution in [2.45, 2.75) is 13.0 Å². The zero-order valence-corrected chi connectivity index (χ0v) is 8.34. The van der Waals surface area contributed by atoms with Crippen LogP contribution in [0.3, 0.4) is 0 Å². The van der Waals surface area contributed by atoms with Gasteiger partial charge in [0.2, 0.25) is 0 Å². The Morgan fingerprint density at radius 2 is 2.14 bits per heavy atom. The van der Waals surface area contributed by atoms with E-state index in [9.17, 15) is 9.18 Å². The van der Waals surface area contributed by atoms with E-state index in [1.807, 2.05) is 0 Å². The second kappa shape index (κ2) is 4.93. The van der Waals surface area contributed by atoms with Crippen LogP contribution in [0.15, 0.2) is 18.2 Å². The summed E-state index contributed by atoms with van der Waals surface area (Å²) >= 11 is 0. The fraction of sp³-hybridized carbons (Fsp3) is 0.222. The highest BCUT2D eigenvalue weighted by molar-refractivity contribution is 5.85. The molecule has 3 nitrogen and oxygen atoms in total. The second-order valence-electron chi connectivity index (χ2n) is 2.82. The van der Waals surface area contributed by atoms with Crippen molar-refractivity contribution in [3.8, 4) is 0 Å². The zero-order chi connectivity index (χ0) is 10.0. The Kier molecular flexibility index (Phi) is 4.53. The molecule has 0 saturated carbocycles. The van der Waals surface area contributed by atoms with Crippen molar-refractivity contribution >= 4 is 18.4 Å². The van der Waals surface area contributed by atoms with E-state index in [0.29, 0.717) is 5.56 Å². The van der Waals surface area contributed by atoms with E-state index in [1.165, 1.54) is 12.1 Å². The molecule has 1 aromatic carbocycles. The molecule has 0 heterocycles. The van der Waals surface area contributed by atoms with Crippen LogP contribution in [0.4, 0.5) is 4.39 Å². The van der Waals surface area contributed by atoms with Crippen LogP contribution in [-0.4, -0.2) is 11.1 Å². The maximum Gasteiger partial charge on any atom is 0.325 e. The Labute approximate surface area is 87.1 Å². The summed E-state index contributed by atoms with van der Waals surface area (Å²) in [6, 6.07) is 3.01. The van der Waals surface area contributed by atoms with Gasteiger partial charge in [-0.2, -0.15) is 0 Å².